The lowest BCUT2D eigenvalue weighted by molar-refractivity contribution is -0.136. The molecule has 0 radical (unpaired) electrons. The highest BCUT2D eigenvalue weighted by Crippen LogP contribution is 2.37. The van der Waals surface area contributed by atoms with Crippen LogP contribution in [0.5, 0.6) is 0 Å². The minimum Gasteiger partial charge on any atom is -0.465 e. The van der Waals surface area contributed by atoms with Gasteiger partial charge in [-0.15, -0.1) is 11.3 Å². The van der Waals surface area contributed by atoms with Crippen LogP contribution < -0.4 is 20.5 Å². The van der Waals surface area contributed by atoms with Crippen molar-refractivity contribution in [2.75, 3.05) is 6.61 Å². The Labute approximate surface area is 180 Å². The fraction of sp³-hybridized carbons (Fsp3) is 0.227. The third-order valence-electron chi connectivity index (χ3n) is 4.84. The Kier molecular flexibility index (Phi) is 5.17. The van der Waals surface area contributed by atoms with Gasteiger partial charge in [-0.05, 0) is 45.0 Å². The molecule has 0 aliphatic carbocycles. The van der Waals surface area contributed by atoms with Crippen molar-refractivity contribution in [2.24, 2.45) is 5.73 Å². The average Bonchev–Trinajstić information content (AvgIpc) is 3.42. The lowest BCUT2D eigenvalue weighted by Crippen LogP contribution is -2.40. The molecule has 9 heteroatoms. The zero-order valence-corrected chi connectivity index (χ0v) is 17.9. The van der Waals surface area contributed by atoms with Crippen LogP contribution in [0.15, 0.2) is 43.5 Å². The number of allylic oxidation sites excluding steroid dienone is 1. The van der Waals surface area contributed by atoms with E-state index in [0.717, 1.165) is 11.3 Å². The largest absolute Gasteiger partial charge is 0.465 e. The van der Waals surface area contributed by atoms with Crippen molar-refractivity contribution < 1.29 is 18.4 Å². The smallest absolute Gasteiger partial charge is 0.338 e. The van der Waals surface area contributed by atoms with Crippen molar-refractivity contribution in [1.29, 1.82) is 5.26 Å². The number of ether oxygens (including phenoxy) is 1. The molecule has 1 aliphatic rings. The van der Waals surface area contributed by atoms with Gasteiger partial charge in [0.25, 0.3) is 5.56 Å². The number of furan rings is 2. The molecule has 158 valence electrons. The van der Waals surface area contributed by atoms with Crippen molar-refractivity contribution in [2.45, 2.75) is 26.7 Å². The molecule has 0 amide bonds. The highest BCUT2D eigenvalue weighted by atomic mass is 32.1. The van der Waals surface area contributed by atoms with Gasteiger partial charge < -0.3 is 19.3 Å². The molecule has 3 aromatic rings. The fourth-order valence-electron chi connectivity index (χ4n) is 3.51. The van der Waals surface area contributed by atoms with Crippen LogP contribution in [0.3, 0.4) is 0 Å². The lowest BCUT2D eigenvalue weighted by atomic mass is 9.88. The van der Waals surface area contributed by atoms with Crippen LogP contribution >= 0.6 is 11.3 Å². The Hall–Kier alpha value is -3.77. The van der Waals surface area contributed by atoms with Gasteiger partial charge >= 0.3 is 5.97 Å². The number of aryl methyl sites for hydroxylation is 2. The first kappa shape index (κ1) is 20.5. The van der Waals surface area contributed by atoms with Gasteiger partial charge in [0.15, 0.2) is 0 Å². The van der Waals surface area contributed by atoms with Crippen LogP contribution in [0.1, 0.15) is 35.9 Å². The van der Waals surface area contributed by atoms with Crippen molar-refractivity contribution in [3.63, 3.8) is 0 Å². The van der Waals surface area contributed by atoms with Gasteiger partial charge in [-0.2, -0.15) is 5.26 Å². The molecule has 0 saturated heterocycles. The maximum Gasteiger partial charge on any atom is 0.338 e. The van der Waals surface area contributed by atoms with E-state index in [4.69, 9.17) is 19.3 Å². The monoisotopic (exact) mass is 437 g/mol. The number of hydrogen-bond donors (Lipinski definition) is 1. The molecule has 4 rings (SSSR count). The van der Waals surface area contributed by atoms with Gasteiger partial charge in [0.1, 0.15) is 33.5 Å². The molecule has 31 heavy (non-hydrogen) atoms. The molecule has 0 aromatic carbocycles. The minimum atomic E-state index is -0.880. The van der Waals surface area contributed by atoms with E-state index in [0.29, 0.717) is 32.2 Å². The number of carbonyl (C=O) groups is 1. The first-order valence-corrected chi connectivity index (χ1v) is 10.3. The number of hydrogen-bond acceptors (Lipinski definition) is 8. The molecule has 3 aromatic heterocycles. The predicted molar refractivity (Wildman–Crippen MR) is 114 cm³/mol. The molecule has 4 heterocycles. The molecule has 2 N–H and O–H groups in total. The van der Waals surface area contributed by atoms with E-state index >= 15 is 0 Å². The van der Waals surface area contributed by atoms with Crippen molar-refractivity contribution in [1.82, 2.24) is 4.57 Å². The van der Waals surface area contributed by atoms with Crippen molar-refractivity contribution >= 4 is 34.8 Å². The van der Waals surface area contributed by atoms with Crippen LogP contribution in [0.2, 0.25) is 0 Å². The number of rotatable bonds is 4. The Morgan fingerprint density at radius 2 is 2.00 bits per heavy atom. The molecule has 1 atom stereocenters. The molecule has 1 aliphatic heterocycles. The van der Waals surface area contributed by atoms with Crippen molar-refractivity contribution in [3.8, 4) is 6.07 Å². The lowest BCUT2D eigenvalue weighted by Gasteiger charge is -2.22. The van der Waals surface area contributed by atoms with E-state index < -0.39 is 17.4 Å². The normalized spacial score (nSPS) is 16.4. The standard InChI is InChI=1S/C22H19N3O5S/c1-4-28-22(27)18-17(15-8-6-12(3)30-15)14(10-23)19(24)25-20(26)16(31-21(18)25)9-13-7-5-11(2)29-13/h5-9,17H,4,24H2,1-3H3/b16-9-/t17-/m1/s1. The summed E-state index contributed by atoms with van der Waals surface area (Å²) in [5.74, 6) is 0.622. The zero-order chi connectivity index (χ0) is 22.3. The second-order valence-corrected chi connectivity index (χ2v) is 7.96. The van der Waals surface area contributed by atoms with Gasteiger partial charge in [-0.1, -0.05) is 0 Å². The molecule has 0 bridgehead atoms. The third-order valence-corrected chi connectivity index (χ3v) is 5.95. The number of nitriles is 1. The van der Waals surface area contributed by atoms with Crippen LogP contribution in [0, 0.1) is 25.2 Å². The number of fused-ring (bicyclic) bond motifs is 1. The summed E-state index contributed by atoms with van der Waals surface area (Å²) in [6.45, 7) is 5.37. The molecule has 0 fully saturated rings. The number of carbonyl (C=O) groups excluding carboxylic acids is 1. The number of aromatic nitrogens is 1. The summed E-state index contributed by atoms with van der Waals surface area (Å²) in [5.41, 5.74) is 6.00. The number of nitrogens with two attached hydrogens (primary N) is 1. The van der Waals surface area contributed by atoms with E-state index in [1.165, 1.54) is 4.57 Å². The number of nitrogens with zero attached hydrogens (tertiary/aromatic N) is 2. The summed E-state index contributed by atoms with van der Waals surface area (Å²) in [6, 6.07) is 8.99. The summed E-state index contributed by atoms with van der Waals surface area (Å²) in [6.07, 6.45) is 1.58. The zero-order valence-electron chi connectivity index (χ0n) is 17.1. The van der Waals surface area contributed by atoms with E-state index in [-0.39, 0.29) is 23.6 Å². The Morgan fingerprint density at radius 1 is 1.29 bits per heavy atom. The van der Waals surface area contributed by atoms with E-state index in [9.17, 15) is 14.9 Å². The highest BCUT2D eigenvalue weighted by Gasteiger charge is 2.38. The van der Waals surface area contributed by atoms with E-state index in [2.05, 4.69) is 6.07 Å². The fourth-order valence-corrected chi connectivity index (χ4v) is 4.65. The van der Waals surface area contributed by atoms with E-state index in [1.807, 2.05) is 0 Å². The molecule has 0 saturated carbocycles. The average molecular weight is 437 g/mol. The molecule has 0 unspecified atom stereocenters. The summed E-state index contributed by atoms with van der Waals surface area (Å²) in [7, 11) is 0. The Balaban J connectivity index is 2.10. The highest BCUT2D eigenvalue weighted by molar-refractivity contribution is 7.07. The van der Waals surface area contributed by atoms with Gasteiger partial charge in [0.2, 0.25) is 0 Å². The van der Waals surface area contributed by atoms with Crippen LogP contribution in [0.4, 0.5) is 0 Å². The molecule has 0 spiro atoms. The maximum absolute atomic E-state index is 13.2. The van der Waals surface area contributed by atoms with Gasteiger partial charge in [0.05, 0.1) is 34.3 Å². The Morgan fingerprint density at radius 3 is 2.58 bits per heavy atom. The topological polar surface area (TPSA) is 124 Å². The van der Waals surface area contributed by atoms with Gasteiger partial charge in [0, 0.05) is 6.08 Å². The van der Waals surface area contributed by atoms with E-state index in [1.54, 1.807) is 51.1 Å². The van der Waals surface area contributed by atoms with Crippen LogP contribution in [-0.2, 0) is 9.53 Å². The molecule has 8 nitrogen and oxygen atoms in total. The van der Waals surface area contributed by atoms with Crippen LogP contribution in [-0.4, -0.2) is 17.1 Å². The predicted octanol–water partition coefficient (Wildman–Crippen LogP) is 1.70. The quantitative estimate of drug-likeness (QED) is 0.616. The SMILES string of the molecule is CCOC(=O)C1=c2s/c(=C\c3ccc(C)o3)c(=O)n2C(N)=C(C#N)[C@@H]1c1ccc(C)o1. The molecular formula is C22H19N3O5S. The Bertz CT molecular complexity index is 1440. The summed E-state index contributed by atoms with van der Waals surface area (Å²) < 4.78 is 18.3. The van der Waals surface area contributed by atoms with Crippen molar-refractivity contribution in [3.05, 3.63) is 72.4 Å². The first-order valence-electron chi connectivity index (χ1n) is 9.53. The second-order valence-electron chi connectivity index (χ2n) is 6.93. The third kappa shape index (κ3) is 3.41. The van der Waals surface area contributed by atoms with Gasteiger partial charge in [-0.25, -0.2) is 4.79 Å². The maximum atomic E-state index is 13.2. The summed E-state index contributed by atoms with van der Waals surface area (Å²) >= 11 is 1.08. The summed E-state index contributed by atoms with van der Waals surface area (Å²) in [4.78, 5) is 26.1. The minimum absolute atomic E-state index is 0.0406. The molecular weight excluding hydrogens is 418 g/mol. The number of esters is 1. The second kappa shape index (κ2) is 7.81. The first-order chi connectivity index (χ1) is 14.8. The van der Waals surface area contributed by atoms with Gasteiger partial charge in [-0.3, -0.25) is 9.36 Å². The summed E-state index contributed by atoms with van der Waals surface area (Å²) in [5, 5.41) is 9.86. The number of thiazole rings is 1. The van der Waals surface area contributed by atoms with Crippen LogP contribution in [0.25, 0.3) is 17.5 Å².